The molecule has 3 saturated heterocycles. The number of nitrogens with one attached hydrogen (secondary N) is 4. The number of aromatic nitrogens is 3. The van der Waals surface area contributed by atoms with E-state index in [0.717, 1.165) is 81.2 Å². The molecule has 3 aliphatic heterocycles. The third-order valence-electron chi connectivity index (χ3n) is 10.3. The highest BCUT2D eigenvalue weighted by molar-refractivity contribution is 7.89. The number of anilines is 6. The fourth-order valence-electron chi connectivity index (χ4n) is 7.46. The number of urea groups is 1. The number of amides is 3. The van der Waals surface area contributed by atoms with Crippen molar-refractivity contribution in [2.75, 3.05) is 66.2 Å². The summed E-state index contributed by atoms with van der Waals surface area (Å²) < 4.78 is 28.5. The summed E-state index contributed by atoms with van der Waals surface area (Å²) >= 11 is 0. The van der Waals surface area contributed by atoms with E-state index in [1.165, 1.54) is 5.69 Å². The first-order chi connectivity index (χ1) is 26.8. The normalized spacial score (nSPS) is 17.9. The highest BCUT2D eigenvalue weighted by atomic mass is 32.2. The number of rotatable bonds is 11. The smallest absolute Gasteiger partial charge is 0.328 e. The van der Waals surface area contributed by atoms with Crippen molar-refractivity contribution in [1.29, 1.82) is 0 Å². The van der Waals surface area contributed by atoms with Crippen molar-refractivity contribution in [3.63, 3.8) is 0 Å². The van der Waals surface area contributed by atoms with Crippen molar-refractivity contribution >= 4 is 56.5 Å². The average Bonchev–Trinajstić information content (AvgIpc) is 3.17. The van der Waals surface area contributed by atoms with Gasteiger partial charge in [-0.3, -0.25) is 29.8 Å². The minimum Gasteiger partial charge on any atom is -0.371 e. The third-order valence-corrected chi connectivity index (χ3v) is 12.1. The quantitative estimate of drug-likeness (QED) is 0.162. The summed E-state index contributed by atoms with van der Waals surface area (Å²) in [6.45, 7) is 14.3. The number of benzene rings is 2. The second-order valence-corrected chi connectivity index (χ2v) is 17.4. The molecule has 3 amide bonds. The molecular formula is C40H51N11O4S. The molecule has 0 unspecified atom stereocenters. The van der Waals surface area contributed by atoms with Crippen LogP contribution in [0, 0.1) is 6.92 Å². The molecule has 15 nitrogen and oxygen atoms in total. The Bertz CT molecular complexity index is 2140. The van der Waals surface area contributed by atoms with Gasteiger partial charge in [-0.2, -0.15) is 4.98 Å². The zero-order valence-electron chi connectivity index (χ0n) is 32.5. The molecule has 0 bridgehead atoms. The van der Waals surface area contributed by atoms with Crippen molar-refractivity contribution in [2.45, 2.75) is 70.0 Å². The molecule has 5 heterocycles. The van der Waals surface area contributed by atoms with Crippen molar-refractivity contribution in [3.05, 3.63) is 84.3 Å². The lowest BCUT2D eigenvalue weighted by atomic mass is 10.0. The van der Waals surface area contributed by atoms with Crippen molar-refractivity contribution in [2.24, 2.45) is 0 Å². The fourth-order valence-corrected chi connectivity index (χ4v) is 8.92. The predicted molar refractivity (Wildman–Crippen MR) is 218 cm³/mol. The Labute approximate surface area is 329 Å². The van der Waals surface area contributed by atoms with Crippen LogP contribution in [-0.4, -0.2) is 103 Å². The maximum atomic E-state index is 12.9. The summed E-state index contributed by atoms with van der Waals surface area (Å²) in [7, 11) is -3.69. The van der Waals surface area contributed by atoms with Gasteiger partial charge < -0.3 is 15.5 Å². The van der Waals surface area contributed by atoms with Gasteiger partial charge in [0, 0.05) is 105 Å². The Morgan fingerprint density at radius 2 is 1.62 bits per heavy atom. The lowest BCUT2D eigenvalue weighted by molar-refractivity contribution is -0.120. The van der Waals surface area contributed by atoms with Gasteiger partial charge in [0.05, 0.1) is 16.8 Å². The van der Waals surface area contributed by atoms with E-state index >= 15 is 0 Å². The number of carbonyl (C=O) groups is 2. The van der Waals surface area contributed by atoms with Crippen molar-refractivity contribution < 1.29 is 18.0 Å². The van der Waals surface area contributed by atoms with Crippen LogP contribution in [0.3, 0.4) is 0 Å². The number of aryl methyl sites for hydroxylation is 1. The Hall–Kier alpha value is -5.16. The largest absolute Gasteiger partial charge is 0.371 e. The molecule has 56 heavy (non-hydrogen) atoms. The Kier molecular flexibility index (Phi) is 11.5. The van der Waals surface area contributed by atoms with E-state index < -0.39 is 15.6 Å². The summed E-state index contributed by atoms with van der Waals surface area (Å²) in [5.41, 5.74) is 4.69. The molecule has 0 saturated carbocycles. The lowest BCUT2D eigenvalue weighted by Crippen LogP contribution is -2.53. The van der Waals surface area contributed by atoms with Gasteiger partial charge in [-0.1, -0.05) is 6.07 Å². The number of sulfonamides is 1. The Morgan fingerprint density at radius 1 is 0.875 bits per heavy atom. The van der Waals surface area contributed by atoms with E-state index in [4.69, 9.17) is 0 Å². The third kappa shape index (κ3) is 9.61. The second-order valence-electron chi connectivity index (χ2n) is 15.7. The van der Waals surface area contributed by atoms with E-state index in [1.54, 1.807) is 47.8 Å². The number of pyridine rings is 1. The van der Waals surface area contributed by atoms with Gasteiger partial charge in [-0.05, 0) is 94.6 Å². The van der Waals surface area contributed by atoms with Crippen LogP contribution < -0.4 is 30.5 Å². The molecule has 0 spiro atoms. The molecule has 4 N–H and O–H groups in total. The molecule has 296 valence electrons. The summed E-state index contributed by atoms with van der Waals surface area (Å²) in [4.78, 5) is 46.9. The maximum Gasteiger partial charge on any atom is 0.328 e. The van der Waals surface area contributed by atoms with E-state index in [-0.39, 0.29) is 23.3 Å². The second kappa shape index (κ2) is 16.5. The molecule has 3 aliphatic rings. The molecule has 4 aromatic rings. The number of carbonyl (C=O) groups excluding carboxylic acids is 2. The average molecular weight is 782 g/mol. The molecule has 16 heteroatoms. The van der Waals surface area contributed by atoms with Crippen LogP contribution >= 0.6 is 0 Å². The summed E-state index contributed by atoms with van der Waals surface area (Å²) in [5.74, 6) is 0.766. The van der Waals surface area contributed by atoms with Crippen LogP contribution in [0.2, 0.25) is 0 Å². The van der Waals surface area contributed by atoms with Crippen molar-refractivity contribution in [3.8, 4) is 0 Å². The van der Waals surface area contributed by atoms with Gasteiger partial charge in [0.15, 0.2) is 0 Å². The molecule has 2 aromatic heterocycles. The molecule has 7 rings (SSSR count). The molecule has 0 radical (unpaired) electrons. The number of piperazine rings is 1. The van der Waals surface area contributed by atoms with Gasteiger partial charge in [0.2, 0.25) is 21.9 Å². The van der Waals surface area contributed by atoms with Crippen LogP contribution in [0.25, 0.3) is 0 Å². The summed E-state index contributed by atoms with van der Waals surface area (Å²) in [6, 6.07) is 17.2. The summed E-state index contributed by atoms with van der Waals surface area (Å²) in [6.07, 6.45) is 7.71. The van der Waals surface area contributed by atoms with Crippen LogP contribution in [0.5, 0.6) is 0 Å². The minimum atomic E-state index is -3.69. The summed E-state index contributed by atoms with van der Waals surface area (Å²) in [5, 5.41) is 8.98. The number of imide groups is 1. The van der Waals surface area contributed by atoms with E-state index in [9.17, 15) is 18.0 Å². The molecule has 0 aliphatic carbocycles. The van der Waals surface area contributed by atoms with Crippen LogP contribution in [0.15, 0.2) is 78.1 Å². The first-order valence-electron chi connectivity index (χ1n) is 19.2. The number of hydrogen-bond donors (Lipinski definition) is 4. The zero-order chi connectivity index (χ0) is 39.5. The predicted octanol–water partition coefficient (Wildman–Crippen LogP) is 4.98. The number of hydrogen-bond acceptors (Lipinski definition) is 12. The van der Waals surface area contributed by atoms with Crippen molar-refractivity contribution in [1.82, 2.24) is 34.8 Å². The molecule has 2 aromatic carbocycles. The highest BCUT2D eigenvalue weighted by Gasteiger charge is 2.30. The van der Waals surface area contributed by atoms with E-state index in [2.05, 4.69) is 62.5 Å². The highest BCUT2D eigenvalue weighted by Crippen LogP contribution is 2.28. The van der Waals surface area contributed by atoms with Crippen LogP contribution in [-0.2, 0) is 21.4 Å². The fraction of sp³-hybridized carbons (Fsp3) is 0.425. The molecular weight excluding hydrogens is 731 g/mol. The molecule has 0 atom stereocenters. The standard InChI is InChI=1S/C40H51N11O4S/c1-28-25-42-38(46-37(28)43-31-6-5-7-34(24-31)56(54,55)47-40(2,3)4)44-30-8-10-32(11-9-30)49-17-13-33(14-18-49)50-22-20-48(21-23-50)27-29-12-16-41-26-35(29)51-19-15-36(52)45-39(51)53/h5-12,16,24-26,33,47H,13-15,17-23,27H2,1-4H3,(H,45,52,53)(H2,42,43,44,46). The first kappa shape index (κ1) is 39.1. The van der Waals surface area contributed by atoms with E-state index in [1.807, 2.05) is 45.9 Å². The van der Waals surface area contributed by atoms with Gasteiger partial charge in [-0.25, -0.2) is 22.9 Å². The van der Waals surface area contributed by atoms with Crippen LogP contribution in [0.4, 0.5) is 39.3 Å². The van der Waals surface area contributed by atoms with Gasteiger partial charge in [0.1, 0.15) is 5.82 Å². The maximum absolute atomic E-state index is 12.9. The molecule has 3 fully saturated rings. The minimum absolute atomic E-state index is 0.172. The van der Waals surface area contributed by atoms with Gasteiger partial charge >= 0.3 is 6.03 Å². The first-order valence-corrected chi connectivity index (χ1v) is 20.7. The Balaban J connectivity index is 0.888. The van der Waals surface area contributed by atoms with E-state index in [0.29, 0.717) is 30.0 Å². The lowest BCUT2D eigenvalue weighted by Gasteiger charge is -2.43. The number of nitrogens with zero attached hydrogens (tertiary/aromatic N) is 7. The Morgan fingerprint density at radius 3 is 2.34 bits per heavy atom. The van der Waals surface area contributed by atoms with Gasteiger partial charge in [0.25, 0.3) is 0 Å². The number of piperidine rings is 1. The topological polar surface area (TPSA) is 168 Å². The SMILES string of the molecule is Cc1cnc(Nc2ccc(N3CCC(N4CCN(Cc5ccncc5N5CCC(=O)NC5=O)CC4)CC3)cc2)nc1Nc1cccc(S(=O)(=O)NC(C)(C)C)c1. The van der Waals surface area contributed by atoms with Gasteiger partial charge in [-0.15, -0.1) is 0 Å². The van der Waals surface area contributed by atoms with Crippen LogP contribution in [0.1, 0.15) is 51.2 Å². The zero-order valence-corrected chi connectivity index (χ0v) is 33.3. The monoisotopic (exact) mass is 781 g/mol.